The van der Waals surface area contributed by atoms with Crippen molar-refractivity contribution in [3.63, 3.8) is 0 Å². The van der Waals surface area contributed by atoms with Gasteiger partial charge in [0.05, 0.1) is 0 Å². The quantitative estimate of drug-likeness (QED) is 0.662. The van der Waals surface area contributed by atoms with E-state index in [0.717, 1.165) is 30.6 Å². The number of nitrogens with two attached hydrogens (primary N) is 2. The number of carbonyl (C=O) groups excluding carboxylic acids is 1. The fourth-order valence-corrected chi connectivity index (χ4v) is 2.71. The van der Waals surface area contributed by atoms with Crippen LogP contribution in [0.2, 0.25) is 0 Å². The van der Waals surface area contributed by atoms with Gasteiger partial charge in [0.25, 0.3) is 0 Å². The van der Waals surface area contributed by atoms with Crippen molar-refractivity contribution in [1.29, 1.82) is 0 Å². The van der Waals surface area contributed by atoms with E-state index in [4.69, 9.17) is 20.9 Å². The molecular formula is C20H27ClN2O3. The van der Waals surface area contributed by atoms with E-state index < -0.39 is 6.09 Å². The summed E-state index contributed by atoms with van der Waals surface area (Å²) in [6.45, 7) is 1.02. The molecule has 0 heterocycles. The van der Waals surface area contributed by atoms with Gasteiger partial charge in [-0.1, -0.05) is 42.5 Å². The van der Waals surface area contributed by atoms with Gasteiger partial charge < -0.3 is 20.9 Å². The second-order valence-corrected chi connectivity index (χ2v) is 5.92. The van der Waals surface area contributed by atoms with Crippen LogP contribution in [0.5, 0.6) is 5.75 Å². The van der Waals surface area contributed by atoms with E-state index in [0.29, 0.717) is 19.6 Å². The van der Waals surface area contributed by atoms with Crippen molar-refractivity contribution in [3.05, 3.63) is 65.7 Å². The molecule has 1 unspecified atom stereocenters. The molecule has 26 heavy (non-hydrogen) atoms. The van der Waals surface area contributed by atoms with E-state index in [1.807, 2.05) is 54.6 Å². The molecule has 0 aliphatic heterocycles. The van der Waals surface area contributed by atoms with E-state index in [1.54, 1.807) is 0 Å². The van der Waals surface area contributed by atoms with Crippen LogP contribution in [0.25, 0.3) is 0 Å². The second kappa shape index (κ2) is 12.2. The summed E-state index contributed by atoms with van der Waals surface area (Å²) in [6, 6.07) is 18.0. The van der Waals surface area contributed by atoms with E-state index in [9.17, 15) is 4.79 Å². The number of benzene rings is 2. The second-order valence-electron chi connectivity index (χ2n) is 5.92. The number of halogens is 1. The molecule has 0 bridgehead atoms. The summed E-state index contributed by atoms with van der Waals surface area (Å²) in [5.74, 6) is 0.827. The van der Waals surface area contributed by atoms with Gasteiger partial charge in [0, 0.05) is 13.0 Å². The Hall–Kier alpha value is -2.24. The first-order valence-corrected chi connectivity index (χ1v) is 8.59. The standard InChI is InChI=1S/C20H26N2O3.ClH/c21-13-14-24-18-11-9-16(10-12-18)7-4-8-19(25-20(22)23)15-17-5-2-1-3-6-17;/h1-3,5-6,9-12,19H,4,7-8,13-15,21H2,(H2,22,23);1H. The van der Waals surface area contributed by atoms with Crippen LogP contribution in [0.3, 0.4) is 0 Å². The van der Waals surface area contributed by atoms with Gasteiger partial charge in [-0.2, -0.15) is 0 Å². The Morgan fingerprint density at radius 2 is 1.69 bits per heavy atom. The lowest BCUT2D eigenvalue weighted by Crippen LogP contribution is -2.24. The fourth-order valence-electron chi connectivity index (χ4n) is 2.71. The normalized spacial score (nSPS) is 11.3. The van der Waals surface area contributed by atoms with Gasteiger partial charge in [-0.3, -0.25) is 0 Å². The molecule has 0 fully saturated rings. The van der Waals surface area contributed by atoms with Crippen LogP contribution in [0, 0.1) is 0 Å². The number of rotatable bonds is 10. The van der Waals surface area contributed by atoms with Gasteiger partial charge >= 0.3 is 6.09 Å². The monoisotopic (exact) mass is 378 g/mol. The minimum Gasteiger partial charge on any atom is -0.492 e. The van der Waals surface area contributed by atoms with Crippen molar-refractivity contribution in [1.82, 2.24) is 0 Å². The Kier molecular flexibility index (Phi) is 10.2. The smallest absolute Gasteiger partial charge is 0.404 e. The zero-order valence-corrected chi connectivity index (χ0v) is 15.6. The van der Waals surface area contributed by atoms with Crippen LogP contribution < -0.4 is 16.2 Å². The third-order valence-corrected chi connectivity index (χ3v) is 3.89. The summed E-state index contributed by atoms with van der Waals surface area (Å²) < 4.78 is 10.7. The zero-order valence-electron chi connectivity index (χ0n) is 14.8. The van der Waals surface area contributed by atoms with Gasteiger partial charge in [0.2, 0.25) is 0 Å². The molecule has 0 aliphatic rings. The lowest BCUT2D eigenvalue weighted by atomic mass is 10.0. The van der Waals surface area contributed by atoms with E-state index in [-0.39, 0.29) is 18.5 Å². The van der Waals surface area contributed by atoms with Gasteiger partial charge in [-0.25, -0.2) is 4.79 Å². The highest BCUT2D eigenvalue weighted by molar-refractivity contribution is 5.85. The third kappa shape index (κ3) is 8.23. The lowest BCUT2D eigenvalue weighted by Gasteiger charge is -2.17. The molecule has 2 aromatic rings. The summed E-state index contributed by atoms with van der Waals surface area (Å²) >= 11 is 0. The maximum atomic E-state index is 11.1. The molecule has 6 heteroatoms. The van der Waals surface area contributed by atoms with Crippen molar-refractivity contribution in [3.8, 4) is 5.75 Å². The minimum atomic E-state index is -0.720. The van der Waals surface area contributed by atoms with Crippen molar-refractivity contribution in [2.45, 2.75) is 31.8 Å². The molecule has 5 nitrogen and oxygen atoms in total. The first-order chi connectivity index (χ1) is 12.2. The molecule has 2 rings (SSSR count). The Balaban J connectivity index is 0.00000338. The highest BCUT2D eigenvalue weighted by Crippen LogP contribution is 2.16. The van der Waals surface area contributed by atoms with Crippen LogP contribution >= 0.6 is 12.4 Å². The molecule has 2 aromatic carbocycles. The Morgan fingerprint density at radius 3 is 2.31 bits per heavy atom. The Morgan fingerprint density at radius 1 is 1.00 bits per heavy atom. The van der Waals surface area contributed by atoms with Gasteiger partial charge in [0.1, 0.15) is 18.5 Å². The van der Waals surface area contributed by atoms with Gasteiger partial charge in [-0.15, -0.1) is 12.4 Å². The summed E-state index contributed by atoms with van der Waals surface area (Å²) in [5, 5.41) is 0. The van der Waals surface area contributed by atoms with Crippen LogP contribution in [-0.4, -0.2) is 25.3 Å². The van der Waals surface area contributed by atoms with Crippen LogP contribution in [0.4, 0.5) is 4.79 Å². The Labute approximate surface area is 161 Å². The van der Waals surface area contributed by atoms with Gasteiger partial charge in [-0.05, 0) is 42.5 Å². The van der Waals surface area contributed by atoms with E-state index >= 15 is 0 Å². The first-order valence-electron chi connectivity index (χ1n) is 8.59. The highest BCUT2D eigenvalue weighted by Gasteiger charge is 2.13. The molecule has 4 N–H and O–H groups in total. The highest BCUT2D eigenvalue weighted by atomic mass is 35.5. The molecule has 0 radical (unpaired) electrons. The number of primary amides is 1. The molecule has 0 spiro atoms. The lowest BCUT2D eigenvalue weighted by molar-refractivity contribution is 0.0999. The topological polar surface area (TPSA) is 87.6 Å². The molecule has 1 amide bonds. The molecule has 1 atom stereocenters. The fraction of sp³-hybridized carbons (Fsp3) is 0.350. The largest absolute Gasteiger partial charge is 0.492 e. The van der Waals surface area contributed by atoms with Gasteiger partial charge in [0.15, 0.2) is 0 Å². The predicted octanol–water partition coefficient (Wildman–Crippen LogP) is 3.48. The molecule has 142 valence electrons. The SMILES string of the molecule is Cl.NCCOc1ccc(CCCC(Cc2ccccc2)OC(N)=O)cc1. The number of hydrogen-bond donors (Lipinski definition) is 2. The average Bonchev–Trinajstić information content (AvgIpc) is 2.61. The Bertz CT molecular complexity index is 635. The zero-order chi connectivity index (χ0) is 17.9. The molecular weight excluding hydrogens is 352 g/mol. The van der Waals surface area contributed by atoms with E-state index in [1.165, 1.54) is 5.56 Å². The molecule has 0 aromatic heterocycles. The summed E-state index contributed by atoms with van der Waals surface area (Å²) in [5.41, 5.74) is 13.0. The molecule has 0 aliphatic carbocycles. The molecule has 0 saturated heterocycles. The number of ether oxygens (including phenoxy) is 2. The minimum absolute atomic E-state index is 0. The van der Waals surface area contributed by atoms with Crippen molar-refractivity contribution >= 4 is 18.5 Å². The maximum Gasteiger partial charge on any atom is 0.404 e. The number of carbonyl (C=O) groups is 1. The van der Waals surface area contributed by atoms with Crippen LogP contribution in [0.15, 0.2) is 54.6 Å². The predicted molar refractivity (Wildman–Crippen MR) is 106 cm³/mol. The van der Waals surface area contributed by atoms with Crippen LogP contribution in [0.1, 0.15) is 24.0 Å². The molecule has 0 saturated carbocycles. The maximum absolute atomic E-state index is 11.1. The van der Waals surface area contributed by atoms with Crippen LogP contribution in [-0.2, 0) is 17.6 Å². The summed E-state index contributed by atoms with van der Waals surface area (Å²) in [7, 11) is 0. The number of amides is 1. The van der Waals surface area contributed by atoms with Crippen molar-refractivity contribution in [2.75, 3.05) is 13.2 Å². The first kappa shape index (κ1) is 21.8. The van der Waals surface area contributed by atoms with Crippen molar-refractivity contribution in [2.24, 2.45) is 11.5 Å². The summed E-state index contributed by atoms with van der Waals surface area (Å²) in [4.78, 5) is 11.1. The van der Waals surface area contributed by atoms with E-state index in [2.05, 4.69) is 0 Å². The number of hydrogen-bond acceptors (Lipinski definition) is 4. The van der Waals surface area contributed by atoms with Crippen molar-refractivity contribution < 1.29 is 14.3 Å². The number of aryl methyl sites for hydroxylation is 1. The average molecular weight is 379 g/mol. The summed E-state index contributed by atoms with van der Waals surface area (Å²) in [6.07, 6.45) is 2.34. The third-order valence-electron chi connectivity index (χ3n) is 3.89.